The van der Waals surface area contributed by atoms with Crippen LogP contribution < -0.4 is 0 Å². The maximum absolute atomic E-state index is 5.61. The molecule has 0 bridgehead atoms. The molecule has 68 heavy (non-hydrogen) atoms. The van der Waals surface area contributed by atoms with E-state index in [9.17, 15) is 0 Å². The smallest absolute Gasteiger partial charge is 0.238 e. The van der Waals surface area contributed by atoms with Crippen molar-refractivity contribution >= 4 is 43.6 Å². The molecule has 0 aliphatic heterocycles. The van der Waals surface area contributed by atoms with E-state index in [0.29, 0.717) is 17.6 Å². The zero-order valence-corrected chi connectivity index (χ0v) is 36.8. The van der Waals surface area contributed by atoms with Crippen LogP contribution in [0.4, 0.5) is 0 Å². The molecule has 6 nitrogen and oxygen atoms in total. The van der Waals surface area contributed by atoms with Crippen molar-refractivity contribution in [3.05, 3.63) is 243 Å². The number of aromatic nitrogens is 6. The summed E-state index contributed by atoms with van der Waals surface area (Å²) in [5.74, 6) is 1.75. The van der Waals surface area contributed by atoms with E-state index in [0.717, 1.165) is 105 Å². The Bertz CT molecular complexity index is 3950. The number of pyridine rings is 1. The highest BCUT2D eigenvalue weighted by Crippen LogP contribution is 2.44. The monoisotopic (exact) mass is 868 g/mol. The Balaban J connectivity index is 1.12. The highest BCUT2D eigenvalue weighted by atomic mass is 15.2. The molecule has 6 heteroatoms. The summed E-state index contributed by atoms with van der Waals surface area (Å²) in [6.45, 7) is 0. The van der Waals surface area contributed by atoms with Crippen LogP contribution in [0.5, 0.6) is 0 Å². The molecule has 0 unspecified atom stereocenters. The van der Waals surface area contributed by atoms with Crippen molar-refractivity contribution in [2.24, 2.45) is 0 Å². The molecule has 0 radical (unpaired) electrons. The van der Waals surface area contributed by atoms with E-state index in [1.165, 1.54) is 0 Å². The SMILES string of the molecule is c1ccc(-c2cc(-c3ccccc3-c3ccccc3)nc(-c3ccccc3-n3c4ccccc4c4ccc5c6ccccc6n(-c6nc(-c7ccccc7)nc(-c7ccccc7)n6)c5c43)c2)cc1. The van der Waals surface area contributed by atoms with Crippen LogP contribution in [0.15, 0.2) is 243 Å². The van der Waals surface area contributed by atoms with Gasteiger partial charge < -0.3 is 4.57 Å². The van der Waals surface area contributed by atoms with Gasteiger partial charge in [-0.2, -0.15) is 9.97 Å². The predicted octanol–water partition coefficient (Wildman–Crippen LogP) is 15.5. The molecule has 9 aromatic carbocycles. The molecule has 4 heterocycles. The lowest BCUT2D eigenvalue weighted by Crippen LogP contribution is -2.07. The molecule has 0 spiro atoms. The van der Waals surface area contributed by atoms with E-state index >= 15 is 0 Å². The zero-order valence-electron chi connectivity index (χ0n) is 36.8. The van der Waals surface area contributed by atoms with E-state index in [4.69, 9.17) is 19.9 Å². The molecule has 318 valence electrons. The van der Waals surface area contributed by atoms with Gasteiger partial charge in [0.15, 0.2) is 11.6 Å². The van der Waals surface area contributed by atoms with Crippen LogP contribution in [0.1, 0.15) is 0 Å². The standard InChI is InChI=1S/C62H40N6/c1-5-21-41(22-6-1)45-39-53(47-30-14-13-29-46(47)42-23-7-2-8-24-42)63-54(40-45)52-33-17-20-36-57(52)67-55-34-18-15-31-48(55)50-37-38-51-49-32-16-19-35-56(49)68(59(51)58(50)67)62-65-60(43-25-9-3-10-26-43)64-61(66-62)44-27-11-4-12-28-44/h1-40H. The summed E-state index contributed by atoms with van der Waals surface area (Å²) >= 11 is 0. The second-order valence-corrected chi connectivity index (χ2v) is 17.0. The Hall–Kier alpha value is -9.26. The van der Waals surface area contributed by atoms with Crippen molar-refractivity contribution < 1.29 is 0 Å². The van der Waals surface area contributed by atoms with E-state index in [2.05, 4.69) is 215 Å². The molecule has 13 rings (SSSR count). The first-order valence-electron chi connectivity index (χ1n) is 22.9. The van der Waals surface area contributed by atoms with Gasteiger partial charge in [0.25, 0.3) is 0 Å². The third-order valence-electron chi connectivity index (χ3n) is 13.0. The minimum atomic E-state index is 0.542. The van der Waals surface area contributed by atoms with Gasteiger partial charge in [-0.3, -0.25) is 4.57 Å². The fraction of sp³-hybridized carbons (Fsp3) is 0. The molecule has 0 saturated carbocycles. The summed E-state index contributed by atoms with van der Waals surface area (Å²) in [5, 5.41) is 4.47. The average Bonchev–Trinajstić information content (AvgIpc) is 3.95. The average molecular weight is 869 g/mol. The van der Waals surface area contributed by atoms with Crippen molar-refractivity contribution in [2.45, 2.75) is 0 Å². The molecule has 13 aromatic rings. The Morgan fingerprint density at radius 3 is 1.28 bits per heavy atom. The minimum absolute atomic E-state index is 0.542. The van der Waals surface area contributed by atoms with Gasteiger partial charge in [-0.05, 0) is 52.6 Å². The fourth-order valence-corrected chi connectivity index (χ4v) is 9.92. The maximum atomic E-state index is 5.61. The lowest BCUT2D eigenvalue weighted by Gasteiger charge is -2.17. The zero-order chi connectivity index (χ0) is 45.0. The van der Waals surface area contributed by atoms with Gasteiger partial charge in [-0.15, -0.1) is 0 Å². The van der Waals surface area contributed by atoms with Crippen molar-refractivity contribution in [3.63, 3.8) is 0 Å². The molecule has 0 aliphatic rings. The molecule has 0 saturated heterocycles. The summed E-state index contributed by atoms with van der Waals surface area (Å²) < 4.78 is 4.68. The van der Waals surface area contributed by atoms with Crippen molar-refractivity contribution in [1.82, 2.24) is 29.1 Å². The summed E-state index contributed by atoms with van der Waals surface area (Å²) in [5.41, 5.74) is 15.3. The largest absolute Gasteiger partial charge is 0.306 e. The summed E-state index contributed by atoms with van der Waals surface area (Å²) in [6, 6.07) is 85.1. The lowest BCUT2D eigenvalue weighted by molar-refractivity contribution is 0.953. The number of fused-ring (bicyclic) bond motifs is 7. The number of benzene rings is 9. The van der Waals surface area contributed by atoms with Gasteiger partial charge in [-0.25, -0.2) is 9.97 Å². The first kappa shape index (κ1) is 39.1. The van der Waals surface area contributed by atoms with Crippen molar-refractivity contribution in [1.29, 1.82) is 0 Å². The number of rotatable bonds is 8. The second-order valence-electron chi connectivity index (χ2n) is 17.0. The van der Waals surface area contributed by atoms with E-state index in [-0.39, 0.29) is 0 Å². The van der Waals surface area contributed by atoms with Gasteiger partial charge in [0.05, 0.1) is 39.1 Å². The van der Waals surface area contributed by atoms with Gasteiger partial charge in [0, 0.05) is 43.8 Å². The van der Waals surface area contributed by atoms with Gasteiger partial charge in [0.2, 0.25) is 5.95 Å². The van der Waals surface area contributed by atoms with Crippen LogP contribution in [0.3, 0.4) is 0 Å². The Kier molecular flexibility index (Phi) is 9.39. The number of hydrogen-bond donors (Lipinski definition) is 0. The lowest BCUT2D eigenvalue weighted by atomic mass is 9.94. The first-order valence-corrected chi connectivity index (χ1v) is 22.9. The quantitative estimate of drug-likeness (QED) is 0.153. The Morgan fingerprint density at radius 2 is 0.691 bits per heavy atom. The Morgan fingerprint density at radius 1 is 0.265 bits per heavy atom. The van der Waals surface area contributed by atoms with Crippen LogP contribution in [-0.2, 0) is 0 Å². The maximum Gasteiger partial charge on any atom is 0.238 e. The van der Waals surface area contributed by atoms with Crippen LogP contribution in [0.2, 0.25) is 0 Å². The molecular weight excluding hydrogens is 829 g/mol. The summed E-state index contributed by atoms with van der Waals surface area (Å²) in [7, 11) is 0. The van der Waals surface area contributed by atoms with Crippen molar-refractivity contribution in [3.8, 4) is 79.2 Å². The van der Waals surface area contributed by atoms with Crippen LogP contribution in [-0.4, -0.2) is 29.1 Å². The summed E-state index contributed by atoms with van der Waals surface area (Å²) in [4.78, 5) is 21.3. The molecule has 4 aromatic heterocycles. The molecule has 0 fully saturated rings. The predicted molar refractivity (Wildman–Crippen MR) is 279 cm³/mol. The minimum Gasteiger partial charge on any atom is -0.306 e. The highest BCUT2D eigenvalue weighted by molar-refractivity contribution is 6.24. The summed E-state index contributed by atoms with van der Waals surface area (Å²) in [6.07, 6.45) is 0. The third kappa shape index (κ3) is 6.58. The van der Waals surface area contributed by atoms with E-state index < -0.39 is 0 Å². The van der Waals surface area contributed by atoms with Crippen LogP contribution in [0, 0.1) is 0 Å². The molecule has 0 amide bonds. The van der Waals surface area contributed by atoms with Crippen LogP contribution >= 0.6 is 0 Å². The topological polar surface area (TPSA) is 61.4 Å². The Labute approximate surface area is 392 Å². The first-order chi connectivity index (χ1) is 33.7. The van der Waals surface area contributed by atoms with Crippen LogP contribution in [0.25, 0.3) is 123 Å². The highest BCUT2D eigenvalue weighted by Gasteiger charge is 2.25. The van der Waals surface area contributed by atoms with E-state index in [1.807, 2.05) is 36.4 Å². The number of para-hydroxylation sites is 3. The van der Waals surface area contributed by atoms with Gasteiger partial charge in [0.1, 0.15) is 0 Å². The molecule has 0 aliphatic carbocycles. The normalized spacial score (nSPS) is 11.5. The van der Waals surface area contributed by atoms with Crippen molar-refractivity contribution in [2.75, 3.05) is 0 Å². The fourth-order valence-electron chi connectivity index (χ4n) is 9.92. The van der Waals surface area contributed by atoms with Gasteiger partial charge in [-0.1, -0.05) is 212 Å². The number of hydrogen-bond acceptors (Lipinski definition) is 4. The third-order valence-corrected chi connectivity index (χ3v) is 13.0. The number of nitrogens with zero attached hydrogens (tertiary/aromatic N) is 6. The van der Waals surface area contributed by atoms with Gasteiger partial charge >= 0.3 is 0 Å². The molecule has 0 N–H and O–H groups in total. The molecule has 0 atom stereocenters. The second kappa shape index (κ2) is 16.3. The van der Waals surface area contributed by atoms with E-state index in [1.54, 1.807) is 0 Å². The molecular formula is C62H40N6.